The second-order valence-electron chi connectivity index (χ2n) is 3.10. The molecule has 16 heavy (non-hydrogen) atoms. The smallest absolute Gasteiger partial charge is 0.347 e. The topological polar surface area (TPSA) is 145 Å². The summed E-state index contributed by atoms with van der Waals surface area (Å²) in [6.07, 6.45) is -7.71. The molecule has 0 rings (SSSR count). The fourth-order valence-corrected chi connectivity index (χ4v) is 0.960. The molecule has 0 bridgehead atoms. The van der Waals surface area contributed by atoms with Crippen molar-refractivity contribution < 1.29 is 39.9 Å². The maximum Gasteiger partial charge on any atom is 0.347 e. The second kappa shape index (κ2) is 6.38. The Labute approximate surface area is 90.7 Å². The second-order valence-corrected chi connectivity index (χ2v) is 3.10. The summed E-state index contributed by atoms with van der Waals surface area (Å²) >= 11 is 0. The fraction of sp³-hybridized carbons (Fsp3) is 0.750. The molecule has 0 spiro atoms. The highest BCUT2D eigenvalue weighted by Crippen LogP contribution is 2.09. The van der Waals surface area contributed by atoms with Crippen LogP contribution >= 0.6 is 0 Å². The summed E-state index contributed by atoms with van der Waals surface area (Å²) < 4.78 is 4.25. The Hall–Kier alpha value is -1.22. The van der Waals surface area contributed by atoms with Crippen LogP contribution in [0.2, 0.25) is 0 Å². The van der Waals surface area contributed by atoms with Crippen LogP contribution in [0.3, 0.4) is 0 Å². The van der Waals surface area contributed by atoms with Gasteiger partial charge in [-0.3, -0.25) is 4.79 Å². The van der Waals surface area contributed by atoms with Crippen molar-refractivity contribution in [2.75, 3.05) is 6.61 Å². The van der Waals surface area contributed by atoms with Gasteiger partial charge in [0.05, 0.1) is 6.61 Å². The molecule has 5 N–H and O–H groups in total. The third-order valence-electron chi connectivity index (χ3n) is 1.78. The zero-order chi connectivity index (χ0) is 12.9. The normalized spacial score (nSPS) is 18.3. The highest BCUT2D eigenvalue weighted by molar-refractivity contribution is 5.77. The minimum Gasteiger partial charge on any atom is -0.478 e. The van der Waals surface area contributed by atoms with Crippen molar-refractivity contribution in [3.05, 3.63) is 0 Å². The van der Waals surface area contributed by atoms with Crippen LogP contribution in [0, 0.1) is 0 Å². The summed E-state index contributed by atoms with van der Waals surface area (Å²) in [5.41, 5.74) is 0. The van der Waals surface area contributed by atoms with Crippen molar-refractivity contribution in [3.63, 3.8) is 0 Å². The molecular weight excluding hydrogens is 224 g/mol. The van der Waals surface area contributed by atoms with Crippen LogP contribution in [0.4, 0.5) is 0 Å². The number of carbonyl (C=O) groups excluding carboxylic acids is 1. The molecule has 0 radical (unpaired) electrons. The highest BCUT2D eigenvalue weighted by Gasteiger charge is 2.37. The number of rotatable bonds is 6. The molecule has 0 amide bonds. The van der Waals surface area contributed by atoms with E-state index in [4.69, 9.17) is 15.3 Å². The number of carbonyl (C=O) groups is 2. The van der Waals surface area contributed by atoms with Gasteiger partial charge in [0, 0.05) is 6.92 Å². The Morgan fingerprint density at radius 2 is 1.69 bits per heavy atom. The van der Waals surface area contributed by atoms with E-state index in [0.717, 1.165) is 6.92 Å². The molecule has 8 heteroatoms. The van der Waals surface area contributed by atoms with Crippen molar-refractivity contribution in [2.24, 2.45) is 0 Å². The third-order valence-corrected chi connectivity index (χ3v) is 1.78. The lowest BCUT2D eigenvalue weighted by Crippen LogP contribution is -2.50. The van der Waals surface area contributed by atoms with Gasteiger partial charge in [-0.25, -0.2) is 4.79 Å². The molecule has 0 aliphatic carbocycles. The van der Waals surface area contributed by atoms with E-state index >= 15 is 0 Å². The fourth-order valence-electron chi connectivity index (χ4n) is 0.960. The lowest BCUT2D eigenvalue weighted by molar-refractivity contribution is -0.181. The summed E-state index contributed by atoms with van der Waals surface area (Å²) in [7, 11) is 0. The van der Waals surface area contributed by atoms with Gasteiger partial charge in [0.2, 0.25) is 6.10 Å². The molecule has 0 fully saturated rings. The number of aliphatic hydroxyl groups excluding tert-OH is 4. The molecule has 8 nitrogen and oxygen atoms in total. The van der Waals surface area contributed by atoms with Gasteiger partial charge in [0.15, 0.2) is 0 Å². The first-order chi connectivity index (χ1) is 7.31. The van der Waals surface area contributed by atoms with E-state index in [1.807, 2.05) is 0 Å². The van der Waals surface area contributed by atoms with E-state index in [9.17, 15) is 19.8 Å². The lowest BCUT2D eigenvalue weighted by Gasteiger charge is -2.25. The predicted molar refractivity (Wildman–Crippen MR) is 48.3 cm³/mol. The van der Waals surface area contributed by atoms with Gasteiger partial charge in [-0.2, -0.15) is 0 Å². The summed E-state index contributed by atoms with van der Waals surface area (Å²) in [5.74, 6) is -2.64. The van der Waals surface area contributed by atoms with Gasteiger partial charge in [0.25, 0.3) is 0 Å². The van der Waals surface area contributed by atoms with Crippen LogP contribution in [0.1, 0.15) is 6.92 Å². The summed E-state index contributed by atoms with van der Waals surface area (Å²) in [4.78, 5) is 21.1. The summed E-state index contributed by atoms with van der Waals surface area (Å²) in [6, 6.07) is 0. The Bertz CT molecular complexity index is 252. The molecular formula is C8H14O8. The number of hydrogen-bond donors (Lipinski definition) is 5. The van der Waals surface area contributed by atoms with Gasteiger partial charge in [-0.15, -0.1) is 0 Å². The molecule has 0 saturated carbocycles. The molecule has 0 aliphatic heterocycles. The van der Waals surface area contributed by atoms with E-state index in [1.54, 1.807) is 0 Å². The first kappa shape index (κ1) is 14.8. The van der Waals surface area contributed by atoms with Gasteiger partial charge in [0.1, 0.15) is 18.3 Å². The third kappa shape index (κ3) is 4.11. The van der Waals surface area contributed by atoms with Gasteiger partial charge < -0.3 is 30.3 Å². The average Bonchev–Trinajstić information content (AvgIpc) is 2.22. The minimum atomic E-state index is -2.04. The van der Waals surface area contributed by atoms with Crippen molar-refractivity contribution in [3.8, 4) is 0 Å². The Morgan fingerprint density at radius 3 is 2.00 bits per heavy atom. The zero-order valence-corrected chi connectivity index (χ0v) is 8.48. The minimum absolute atomic E-state index is 0.870. The summed E-state index contributed by atoms with van der Waals surface area (Å²) in [6.45, 7) is 0.0577. The van der Waals surface area contributed by atoms with E-state index in [0.29, 0.717) is 0 Å². The first-order valence-electron chi connectivity index (χ1n) is 4.36. The van der Waals surface area contributed by atoms with Crippen LogP contribution in [0.5, 0.6) is 0 Å². The maximum absolute atomic E-state index is 10.6. The molecule has 0 heterocycles. The molecule has 0 aliphatic rings. The number of aliphatic carboxylic acids is 1. The molecule has 0 aromatic carbocycles. The number of carboxylic acids is 1. The van der Waals surface area contributed by atoms with Gasteiger partial charge >= 0.3 is 11.9 Å². The van der Waals surface area contributed by atoms with Crippen molar-refractivity contribution in [2.45, 2.75) is 31.3 Å². The number of carboxylic acid groups (broad SMARTS) is 1. The van der Waals surface area contributed by atoms with E-state index in [2.05, 4.69) is 4.74 Å². The zero-order valence-electron chi connectivity index (χ0n) is 8.48. The SMILES string of the molecule is CC(=O)O[C@@H](C(=O)O)[C@@H](O)[C@H](O)[C@H](O)CO. The van der Waals surface area contributed by atoms with Crippen LogP contribution in [0.15, 0.2) is 0 Å². The van der Waals surface area contributed by atoms with E-state index in [-0.39, 0.29) is 0 Å². The van der Waals surface area contributed by atoms with Gasteiger partial charge in [-0.1, -0.05) is 0 Å². The largest absolute Gasteiger partial charge is 0.478 e. The number of esters is 1. The molecule has 0 unspecified atom stereocenters. The molecule has 0 aromatic heterocycles. The molecule has 94 valence electrons. The quantitative estimate of drug-likeness (QED) is 0.309. The molecule has 4 atom stereocenters. The van der Waals surface area contributed by atoms with Crippen molar-refractivity contribution >= 4 is 11.9 Å². The molecule has 0 saturated heterocycles. The Kier molecular flexibility index (Phi) is 5.89. The Balaban J connectivity index is 4.66. The maximum atomic E-state index is 10.6. The summed E-state index contributed by atoms with van der Waals surface area (Å²) in [5, 5.41) is 44.6. The Morgan fingerprint density at radius 1 is 1.19 bits per heavy atom. The van der Waals surface area contributed by atoms with E-state index < -0.39 is 43.0 Å². The number of aliphatic hydroxyl groups is 4. The van der Waals surface area contributed by atoms with Crippen LogP contribution in [-0.4, -0.2) is 68.5 Å². The number of ether oxygens (including phenoxy) is 1. The first-order valence-corrected chi connectivity index (χ1v) is 4.36. The number of hydrogen-bond acceptors (Lipinski definition) is 7. The molecule has 0 aromatic rings. The predicted octanol–water partition coefficient (Wildman–Crippen LogP) is -2.92. The lowest BCUT2D eigenvalue weighted by atomic mass is 10.0. The highest BCUT2D eigenvalue weighted by atomic mass is 16.6. The van der Waals surface area contributed by atoms with Crippen molar-refractivity contribution in [1.29, 1.82) is 0 Å². The van der Waals surface area contributed by atoms with Crippen molar-refractivity contribution in [1.82, 2.24) is 0 Å². The van der Waals surface area contributed by atoms with E-state index in [1.165, 1.54) is 0 Å². The van der Waals surface area contributed by atoms with Crippen LogP contribution < -0.4 is 0 Å². The monoisotopic (exact) mass is 238 g/mol. The van der Waals surface area contributed by atoms with Crippen LogP contribution in [0.25, 0.3) is 0 Å². The van der Waals surface area contributed by atoms with Crippen LogP contribution in [-0.2, 0) is 14.3 Å². The van der Waals surface area contributed by atoms with Gasteiger partial charge in [-0.05, 0) is 0 Å². The standard InChI is InChI=1S/C8H14O8/c1-3(10)16-7(8(14)15)6(13)5(12)4(11)2-9/h4-7,9,11-13H,2H2,1H3,(H,14,15)/t4-,5-,6+,7-/m1/s1. The average molecular weight is 238 g/mol.